The van der Waals surface area contributed by atoms with Crippen molar-refractivity contribution in [2.75, 3.05) is 0 Å². The highest BCUT2D eigenvalue weighted by molar-refractivity contribution is 4.86. The van der Waals surface area contributed by atoms with Crippen LogP contribution in [0.15, 0.2) is 12.2 Å². The largest absolute Gasteiger partial charge is 0.393 e. The number of allylic oxidation sites excluding steroid dienone is 2. The molecule has 0 aromatic rings. The normalized spacial score (nSPS) is 17.1. The molecule has 0 aromatic heterocycles. The van der Waals surface area contributed by atoms with Crippen LogP contribution in [0.25, 0.3) is 0 Å². The summed E-state index contributed by atoms with van der Waals surface area (Å²) in [5.74, 6) is 0.515. The highest BCUT2D eigenvalue weighted by Gasteiger charge is 2.00. The van der Waals surface area contributed by atoms with E-state index in [1.807, 2.05) is 6.92 Å². The van der Waals surface area contributed by atoms with Crippen molar-refractivity contribution in [3.8, 4) is 0 Å². The van der Waals surface area contributed by atoms with Crippen molar-refractivity contribution < 1.29 is 5.11 Å². The maximum absolute atomic E-state index is 9.05. The van der Waals surface area contributed by atoms with E-state index in [9.17, 15) is 0 Å². The van der Waals surface area contributed by atoms with Gasteiger partial charge in [-0.2, -0.15) is 0 Å². The predicted octanol–water partition coefficient (Wildman–Crippen LogP) is 2.75. The van der Waals surface area contributed by atoms with E-state index in [-0.39, 0.29) is 6.10 Å². The molecular weight excluding hydrogens is 136 g/mol. The molecule has 0 bridgehead atoms. The summed E-state index contributed by atoms with van der Waals surface area (Å²) >= 11 is 0. The topological polar surface area (TPSA) is 20.2 Å². The Hall–Kier alpha value is -0.300. The van der Waals surface area contributed by atoms with Gasteiger partial charge < -0.3 is 5.11 Å². The van der Waals surface area contributed by atoms with Crippen LogP contribution < -0.4 is 0 Å². The Morgan fingerprint density at radius 3 is 2.45 bits per heavy atom. The summed E-state index contributed by atoms with van der Waals surface area (Å²) in [6, 6.07) is 0. The minimum absolute atomic E-state index is 0.170. The molecule has 0 aliphatic rings. The lowest BCUT2D eigenvalue weighted by Crippen LogP contribution is -2.04. The SMILES string of the molecule is CCC/C=C/C(C)CC(C)O. The molecule has 2 atom stereocenters. The van der Waals surface area contributed by atoms with Crippen LogP contribution >= 0.6 is 0 Å². The van der Waals surface area contributed by atoms with E-state index in [4.69, 9.17) is 5.11 Å². The van der Waals surface area contributed by atoms with Gasteiger partial charge in [-0.25, -0.2) is 0 Å². The van der Waals surface area contributed by atoms with Gasteiger partial charge in [-0.3, -0.25) is 0 Å². The predicted molar refractivity (Wildman–Crippen MR) is 49.5 cm³/mol. The number of hydrogen-bond acceptors (Lipinski definition) is 1. The van der Waals surface area contributed by atoms with Crippen LogP contribution in [0.1, 0.15) is 40.0 Å². The fourth-order valence-corrected chi connectivity index (χ4v) is 1.11. The summed E-state index contributed by atoms with van der Waals surface area (Å²) in [7, 11) is 0. The lowest BCUT2D eigenvalue weighted by molar-refractivity contribution is 0.172. The second kappa shape index (κ2) is 6.41. The molecule has 1 nitrogen and oxygen atoms in total. The average Bonchev–Trinajstić information content (AvgIpc) is 1.86. The van der Waals surface area contributed by atoms with Crippen LogP contribution in [0.2, 0.25) is 0 Å². The van der Waals surface area contributed by atoms with Crippen molar-refractivity contribution in [2.45, 2.75) is 46.1 Å². The third-order valence-corrected chi connectivity index (χ3v) is 1.63. The lowest BCUT2D eigenvalue weighted by Gasteiger charge is -2.07. The van der Waals surface area contributed by atoms with Crippen LogP contribution in [-0.2, 0) is 0 Å². The molecular formula is C10H20O. The van der Waals surface area contributed by atoms with Crippen molar-refractivity contribution in [2.24, 2.45) is 5.92 Å². The molecule has 0 heterocycles. The first-order valence-electron chi connectivity index (χ1n) is 4.51. The van der Waals surface area contributed by atoms with E-state index in [1.54, 1.807) is 0 Å². The first-order chi connectivity index (χ1) is 5.16. The van der Waals surface area contributed by atoms with Gasteiger partial charge in [-0.05, 0) is 25.7 Å². The number of aliphatic hydroxyl groups excluding tert-OH is 1. The second-order valence-electron chi connectivity index (χ2n) is 3.28. The Balaban J connectivity index is 3.42. The average molecular weight is 156 g/mol. The Bertz CT molecular complexity index is 105. The Morgan fingerprint density at radius 2 is 2.00 bits per heavy atom. The van der Waals surface area contributed by atoms with Crippen LogP contribution in [-0.4, -0.2) is 11.2 Å². The molecule has 2 unspecified atom stereocenters. The molecule has 0 fully saturated rings. The van der Waals surface area contributed by atoms with E-state index in [0.29, 0.717) is 5.92 Å². The van der Waals surface area contributed by atoms with Gasteiger partial charge in [0.25, 0.3) is 0 Å². The third kappa shape index (κ3) is 7.60. The summed E-state index contributed by atoms with van der Waals surface area (Å²) < 4.78 is 0. The van der Waals surface area contributed by atoms with Gasteiger partial charge in [-0.1, -0.05) is 32.4 Å². The maximum atomic E-state index is 9.05. The van der Waals surface area contributed by atoms with Gasteiger partial charge in [0, 0.05) is 0 Å². The smallest absolute Gasteiger partial charge is 0.0517 e. The minimum atomic E-state index is -0.170. The van der Waals surface area contributed by atoms with Crippen LogP contribution in [0.3, 0.4) is 0 Å². The molecule has 11 heavy (non-hydrogen) atoms. The summed E-state index contributed by atoms with van der Waals surface area (Å²) in [6.45, 7) is 6.15. The van der Waals surface area contributed by atoms with Gasteiger partial charge in [-0.15, -0.1) is 0 Å². The summed E-state index contributed by atoms with van der Waals surface area (Å²) in [4.78, 5) is 0. The molecule has 66 valence electrons. The van der Waals surface area contributed by atoms with Crippen molar-refractivity contribution in [1.82, 2.24) is 0 Å². The van der Waals surface area contributed by atoms with Crippen molar-refractivity contribution >= 4 is 0 Å². The quantitative estimate of drug-likeness (QED) is 0.607. The number of rotatable bonds is 5. The fourth-order valence-electron chi connectivity index (χ4n) is 1.11. The maximum Gasteiger partial charge on any atom is 0.0517 e. The zero-order valence-electron chi connectivity index (χ0n) is 7.88. The van der Waals surface area contributed by atoms with E-state index in [1.165, 1.54) is 6.42 Å². The molecule has 0 rings (SSSR count). The number of aliphatic hydroxyl groups is 1. The van der Waals surface area contributed by atoms with Crippen LogP contribution in [0, 0.1) is 5.92 Å². The van der Waals surface area contributed by atoms with Crippen LogP contribution in [0.4, 0.5) is 0 Å². The number of unbranched alkanes of at least 4 members (excludes halogenated alkanes) is 1. The van der Waals surface area contributed by atoms with E-state index in [0.717, 1.165) is 12.8 Å². The van der Waals surface area contributed by atoms with Crippen LogP contribution in [0.5, 0.6) is 0 Å². The lowest BCUT2D eigenvalue weighted by atomic mass is 10.0. The third-order valence-electron chi connectivity index (χ3n) is 1.63. The molecule has 0 radical (unpaired) electrons. The molecule has 0 aromatic carbocycles. The first kappa shape index (κ1) is 10.7. The van der Waals surface area contributed by atoms with Gasteiger partial charge in [0.05, 0.1) is 6.10 Å². The molecule has 0 amide bonds. The molecule has 1 N–H and O–H groups in total. The summed E-state index contributed by atoms with van der Waals surface area (Å²) in [5.41, 5.74) is 0. The molecule has 0 spiro atoms. The summed E-state index contributed by atoms with van der Waals surface area (Å²) in [5, 5.41) is 9.05. The molecule has 0 aliphatic heterocycles. The van der Waals surface area contributed by atoms with Crippen molar-refractivity contribution in [1.29, 1.82) is 0 Å². The fraction of sp³-hybridized carbons (Fsp3) is 0.800. The zero-order valence-corrected chi connectivity index (χ0v) is 7.88. The molecule has 0 aliphatic carbocycles. The monoisotopic (exact) mass is 156 g/mol. The minimum Gasteiger partial charge on any atom is -0.393 e. The van der Waals surface area contributed by atoms with E-state index < -0.39 is 0 Å². The standard InChI is InChI=1S/C10H20O/c1-4-5-6-7-9(2)8-10(3)11/h6-7,9-11H,4-5,8H2,1-3H3/b7-6+. The van der Waals surface area contributed by atoms with Gasteiger partial charge in [0.15, 0.2) is 0 Å². The zero-order chi connectivity index (χ0) is 8.69. The van der Waals surface area contributed by atoms with E-state index >= 15 is 0 Å². The Labute approximate surface area is 70.1 Å². The first-order valence-corrected chi connectivity index (χ1v) is 4.51. The van der Waals surface area contributed by atoms with Gasteiger partial charge in [0.1, 0.15) is 0 Å². The van der Waals surface area contributed by atoms with E-state index in [2.05, 4.69) is 26.0 Å². The summed E-state index contributed by atoms with van der Waals surface area (Å²) in [6.07, 6.45) is 7.46. The van der Waals surface area contributed by atoms with Crippen molar-refractivity contribution in [3.05, 3.63) is 12.2 Å². The number of hydrogen-bond donors (Lipinski definition) is 1. The second-order valence-corrected chi connectivity index (χ2v) is 3.28. The Morgan fingerprint density at radius 1 is 1.36 bits per heavy atom. The highest BCUT2D eigenvalue weighted by atomic mass is 16.3. The van der Waals surface area contributed by atoms with Gasteiger partial charge >= 0.3 is 0 Å². The molecule has 0 saturated heterocycles. The highest BCUT2D eigenvalue weighted by Crippen LogP contribution is 2.07. The molecule has 1 heteroatoms. The van der Waals surface area contributed by atoms with Gasteiger partial charge in [0.2, 0.25) is 0 Å². The molecule has 0 saturated carbocycles. The Kier molecular flexibility index (Phi) is 6.24. The van der Waals surface area contributed by atoms with Crippen molar-refractivity contribution in [3.63, 3.8) is 0 Å².